The summed E-state index contributed by atoms with van der Waals surface area (Å²) in [6.07, 6.45) is 1.89. The molecule has 1 saturated heterocycles. The number of rotatable bonds is 9. The maximum Gasteiger partial charge on any atom is 0.337 e. The van der Waals surface area contributed by atoms with E-state index in [9.17, 15) is 19.4 Å². The Morgan fingerprint density at radius 2 is 1.86 bits per heavy atom. The molecule has 1 atom stereocenters. The lowest BCUT2D eigenvalue weighted by atomic mass is 9.92. The highest BCUT2D eigenvalue weighted by atomic mass is 19.1. The van der Waals surface area contributed by atoms with E-state index in [1.165, 1.54) is 18.2 Å². The van der Waals surface area contributed by atoms with Crippen LogP contribution in [0.15, 0.2) is 61.2 Å². The van der Waals surface area contributed by atoms with Gasteiger partial charge in [0.1, 0.15) is 17.4 Å². The molecule has 5 rings (SSSR count). The number of phenolic OH excluding ortho intramolecular Hbond substituents is 1. The minimum absolute atomic E-state index is 0.0319. The van der Waals surface area contributed by atoms with Crippen molar-refractivity contribution in [2.24, 2.45) is 0 Å². The van der Waals surface area contributed by atoms with Crippen LogP contribution >= 0.6 is 0 Å². The second kappa shape index (κ2) is 12.0. The maximum absolute atomic E-state index is 14.0. The summed E-state index contributed by atoms with van der Waals surface area (Å²) in [6.45, 7) is 14.8. The summed E-state index contributed by atoms with van der Waals surface area (Å²) in [5.74, 6) is -0.988. The van der Waals surface area contributed by atoms with Crippen molar-refractivity contribution in [1.82, 2.24) is 14.6 Å². The highest BCUT2D eigenvalue weighted by molar-refractivity contribution is 5.80. The summed E-state index contributed by atoms with van der Waals surface area (Å²) >= 11 is 0. The highest BCUT2D eigenvalue weighted by Crippen LogP contribution is 2.39. The number of ether oxygens (including phenoxy) is 2. The first kappa shape index (κ1) is 31.2. The van der Waals surface area contributed by atoms with Crippen LogP contribution in [0.4, 0.5) is 10.2 Å². The summed E-state index contributed by atoms with van der Waals surface area (Å²) in [5.41, 5.74) is 2.77. The fourth-order valence-electron chi connectivity index (χ4n) is 5.63. The van der Waals surface area contributed by atoms with Crippen LogP contribution in [0.1, 0.15) is 57.9 Å². The van der Waals surface area contributed by atoms with Gasteiger partial charge in [0.05, 0.1) is 29.1 Å². The molecule has 1 unspecified atom stereocenters. The third kappa shape index (κ3) is 6.46. The van der Waals surface area contributed by atoms with Gasteiger partial charge in [0.15, 0.2) is 11.8 Å². The number of carboxylic acid groups (broad SMARTS) is 1. The summed E-state index contributed by atoms with van der Waals surface area (Å²) in [6, 6.07) is 13.0. The van der Waals surface area contributed by atoms with E-state index in [4.69, 9.17) is 19.6 Å². The number of nitrogens with zero attached hydrogens (tertiary/aromatic N) is 4. The molecule has 9 nitrogen and oxygen atoms in total. The Morgan fingerprint density at radius 3 is 2.52 bits per heavy atom. The van der Waals surface area contributed by atoms with Crippen molar-refractivity contribution in [3.05, 3.63) is 78.3 Å². The molecular formula is C34H39FN4O5. The molecular weight excluding hydrogens is 563 g/mol. The van der Waals surface area contributed by atoms with Gasteiger partial charge in [-0.25, -0.2) is 14.2 Å². The van der Waals surface area contributed by atoms with Crippen LogP contribution < -0.4 is 4.90 Å². The number of hydrogen-bond donors (Lipinski definition) is 2. The van der Waals surface area contributed by atoms with E-state index in [1.807, 2.05) is 45.0 Å². The Kier molecular flexibility index (Phi) is 8.51. The summed E-state index contributed by atoms with van der Waals surface area (Å²) in [4.78, 5) is 19.6. The Bertz CT molecular complexity index is 1700. The van der Waals surface area contributed by atoms with Gasteiger partial charge in [-0.15, -0.1) is 6.58 Å². The standard InChI is InChI=1S/C34H39FN4O5/c1-7-17-43-34(6)13-15-38(16-14-34)31-29(30(32(41)42)44-33(3,4)5)21(2)36-28-20-26(37-39(28)31)23-10-8-9-22(18-23)25-19-24(35)11-12-27(25)40/h7-12,18-20,30,40H,1,13-17H2,2-6H3,(H,41,42). The van der Waals surface area contributed by atoms with Crippen LogP contribution in [0.3, 0.4) is 0 Å². The molecule has 2 aromatic carbocycles. The van der Waals surface area contributed by atoms with Gasteiger partial charge in [-0.2, -0.15) is 9.61 Å². The van der Waals surface area contributed by atoms with Crippen molar-refractivity contribution < 1.29 is 28.9 Å². The molecule has 1 fully saturated rings. The third-order valence-corrected chi connectivity index (χ3v) is 7.86. The quantitative estimate of drug-likeness (QED) is 0.203. The lowest BCUT2D eigenvalue weighted by Crippen LogP contribution is -2.45. The van der Waals surface area contributed by atoms with Crippen molar-refractivity contribution in [1.29, 1.82) is 0 Å². The van der Waals surface area contributed by atoms with Crippen molar-refractivity contribution in [3.8, 4) is 28.1 Å². The largest absolute Gasteiger partial charge is 0.507 e. The lowest BCUT2D eigenvalue weighted by molar-refractivity contribution is -0.160. The normalized spacial score (nSPS) is 15.8. The van der Waals surface area contributed by atoms with E-state index in [0.717, 1.165) is 5.56 Å². The molecule has 0 amide bonds. The second-order valence-electron chi connectivity index (χ2n) is 12.5. The molecule has 0 aliphatic carbocycles. The van der Waals surface area contributed by atoms with Gasteiger partial charge in [0.2, 0.25) is 0 Å². The molecule has 3 heterocycles. The van der Waals surface area contributed by atoms with Gasteiger partial charge in [-0.3, -0.25) is 0 Å². The minimum atomic E-state index is -1.28. The zero-order chi connectivity index (χ0) is 31.8. The first-order chi connectivity index (χ1) is 20.8. The fraction of sp³-hybridized carbons (Fsp3) is 0.382. The molecule has 44 heavy (non-hydrogen) atoms. The van der Waals surface area contributed by atoms with E-state index in [-0.39, 0.29) is 11.4 Å². The van der Waals surface area contributed by atoms with Crippen LogP contribution in [-0.4, -0.2) is 61.7 Å². The lowest BCUT2D eigenvalue weighted by Gasteiger charge is -2.41. The van der Waals surface area contributed by atoms with E-state index in [1.54, 1.807) is 23.6 Å². The number of phenols is 1. The SMILES string of the molecule is C=CCOC1(C)CCN(c2c(C(OC(C)(C)C)C(=O)O)c(C)nc3cc(-c4cccc(-c5cc(F)ccc5O)c4)nn23)CC1. The van der Waals surface area contributed by atoms with Gasteiger partial charge in [0.25, 0.3) is 0 Å². The fourth-order valence-corrected chi connectivity index (χ4v) is 5.63. The molecule has 2 N–H and O–H groups in total. The first-order valence-electron chi connectivity index (χ1n) is 14.7. The Morgan fingerprint density at radius 1 is 1.16 bits per heavy atom. The van der Waals surface area contributed by atoms with Crippen LogP contribution in [0, 0.1) is 12.7 Å². The average molecular weight is 603 g/mol. The molecule has 0 spiro atoms. The monoisotopic (exact) mass is 602 g/mol. The maximum atomic E-state index is 14.0. The van der Waals surface area contributed by atoms with Gasteiger partial charge in [-0.1, -0.05) is 24.3 Å². The van der Waals surface area contributed by atoms with Crippen LogP contribution in [0.5, 0.6) is 5.75 Å². The predicted octanol–water partition coefficient (Wildman–Crippen LogP) is 6.72. The number of aryl methyl sites for hydroxylation is 1. The van der Waals surface area contributed by atoms with Crippen molar-refractivity contribution in [2.75, 3.05) is 24.6 Å². The number of hydrogen-bond acceptors (Lipinski definition) is 7. The molecule has 4 aromatic rings. The molecule has 1 aliphatic heterocycles. The van der Waals surface area contributed by atoms with Gasteiger partial charge in [0, 0.05) is 36.0 Å². The highest BCUT2D eigenvalue weighted by Gasteiger charge is 2.37. The van der Waals surface area contributed by atoms with Crippen molar-refractivity contribution in [2.45, 2.75) is 64.8 Å². The Balaban J connectivity index is 1.65. The molecule has 10 heteroatoms. The summed E-state index contributed by atoms with van der Waals surface area (Å²) in [7, 11) is 0. The van der Waals surface area contributed by atoms with Crippen LogP contribution in [0.25, 0.3) is 28.0 Å². The van der Waals surface area contributed by atoms with Gasteiger partial charge in [-0.05, 0) is 77.3 Å². The Labute approximate surface area is 256 Å². The number of aliphatic carboxylic acids is 1. The number of halogens is 1. The van der Waals surface area contributed by atoms with E-state index in [2.05, 4.69) is 18.4 Å². The second-order valence-corrected chi connectivity index (χ2v) is 12.5. The zero-order valence-electron chi connectivity index (χ0n) is 25.8. The topological polar surface area (TPSA) is 109 Å². The number of aromatic nitrogens is 3. The molecule has 0 saturated carbocycles. The average Bonchev–Trinajstić information content (AvgIpc) is 3.39. The number of carboxylic acids is 1. The first-order valence-corrected chi connectivity index (χ1v) is 14.7. The number of anilines is 1. The molecule has 1 aliphatic rings. The molecule has 2 aromatic heterocycles. The van der Waals surface area contributed by atoms with Crippen molar-refractivity contribution >= 4 is 17.4 Å². The van der Waals surface area contributed by atoms with Crippen molar-refractivity contribution in [3.63, 3.8) is 0 Å². The summed E-state index contributed by atoms with van der Waals surface area (Å²) < 4.78 is 27.9. The van der Waals surface area contributed by atoms with E-state index >= 15 is 0 Å². The smallest absolute Gasteiger partial charge is 0.337 e. The number of piperidine rings is 1. The van der Waals surface area contributed by atoms with Crippen LogP contribution in [-0.2, 0) is 14.3 Å². The van der Waals surface area contributed by atoms with E-state index in [0.29, 0.717) is 72.1 Å². The predicted molar refractivity (Wildman–Crippen MR) is 167 cm³/mol. The number of fused-ring (bicyclic) bond motifs is 1. The molecule has 0 bridgehead atoms. The van der Waals surface area contributed by atoms with Gasteiger partial charge >= 0.3 is 5.97 Å². The number of benzene rings is 2. The number of aromatic hydroxyl groups is 1. The minimum Gasteiger partial charge on any atom is -0.507 e. The van der Waals surface area contributed by atoms with Crippen LogP contribution in [0.2, 0.25) is 0 Å². The molecule has 232 valence electrons. The zero-order valence-corrected chi connectivity index (χ0v) is 25.8. The van der Waals surface area contributed by atoms with E-state index < -0.39 is 23.5 Å². The number of carbonyl (C=O) groups is 1. The molecule has 0 radical (unpaired) electrons. The third-order valence-electron chi connectivity index (χ3n) is 7.86. The summed E-state index contributed by atoms with van der Waals surface area (Å²) in [5, 5.41) is 25.7. The Hall–Kier alpha value is -4.28. The van der Waals surface area contributed by atoms with Gasteiger partial charge < -0.3 is 24.6 Å².